The molecule has 0 saturated carbocycles. The second-order valence-electron chi connectivity index (χ2n) is 7.02. The lowest BCUT2D eigenvalue weighted by Crippen LogP contribution is -2.52. The van der Waals surface area contributed by atoms with E-state index in [-0.39, 0.29) is 17.3 Å². The van der Waals surface area contributed by atoms with Crippen LogP contribution < -0.4 is 9.64 Å². The largest absolute Gasteiger partial charge is 0.479 e. The number of ether oxygens (including phenoxy) is 2. The molecule has 0 bridgehead atoms. The van der Waals surface area contributed by atoms with E-state index in [1.807, 2.05) is 29.3 Å². The second kappa shape index (κ2) is 7.56. The number of amides is 1. The first-order valence-corrected chi connectivity index (χ1v) is 9.29. The fourth-order valence-electron chi connectivity index (χ4n) is 3.87. The Labute approximate surface area is 158 Å². The molecule has 2 aromatic heterocycles. The molecule has 0 radical (unpaired) electrons. The van der Waals surface area contributed by atoms with Gasteiger partial charge in [0.15, 0.2) is 0 Å². The van der Waals surface area contributed by atoms with Crippen LogP contribution in [0.2, 0.25) is 0 Å². The highest BCUT2D eigenvalue weighted by Gasteiger charge is 2.39. The van der Waals surface area contributed by atoms with Crippen molar-refractivity contribution in [3.05, 3.63) is 36.2 Å². The molecule has 8 nitrogen and oxygen atoms in total. The first kappa shape index (κ1) is 17.8. The SMILES string of the molecule is COc1cc(C(=O)N2CCCC3(CC2)CN(c2ccccn2)CCO3)on1. The number of carbonyl (C=O) groups excluding carboxylic acids is 1. The summed E-state index contributed by atoms with van der Waals surface area (Å²) in [6, 6.07) is 7.49. The maximum Gasteiger partial charge on any atom is 0.292 e. The number of hydrogen-bond donors (Lipinski definition) is 0. The lowest BCUT2D eigenvalue weighted by atomic mass is 9.92. The van der Waals surface area contributed by atoms with E-state index in [1.165, 1.54) is 13.2 Å². The molecule has 0 aromatic carbocycles. The van der Waals surface area contributed by atoms with Gasteiger partial charge in [-0.1, -0.05) is 6.07 Å². The Morgan fingerprint density at radius 3 is 2.96 bits per heavy atom. The summed E-state index contributed by atoms with van der Waals surface area (Å²) in [5.74, 6) is 1.35. The van der Waals surface area contributed by atoms with E-state index in [4.69, 9.17) is 14.0 Å². The minimum absolute atomic E-state index is 0.153. The quantitative estimate of drug-likeness (QED) is 0.815. The molecule has 0 N–H and O–H groups in total. The molecule has 4 rings (SSSR count). The van der Waals surface area contributed by atoms with E-state index in [0.717, 1.165) is 38.2 Å². The smallest absolute Gasteiger partial charge is 0.292 e. The van der Waals surface area contributed by atoms with Crippen molar-refractivity contribution in [1.29, 1.82) is 0 Å². The monoisotopic (exact) mass is 372 g/mol. The number of methoxy groups -OCH3 is 1. The lowest BCUT2D eigenvalue weighted by molar-refractivity contribution is -0.0644. The van der Waals surface area contributed by atoms with Crippen LogP contribution >= 0.6 is 0 Å². The summed E-state index contributed by atoms with van der Waals surface area (Å²) in [7, 11) is 1.50. The van der Waals surface area contributed by atoms with Gasteiger partial charge in [0.1, 0.15) is 5.82 Å². The number of carbonyl (C=O) groups is 1. The van der Waals surface area contributed by atoms with Crippen molar-refractivity contribution >= 4 is 11.7 Å². The van der Waals surface area contributed by atoms with Crippen LogP contribution in [-0.2, 0) is 4.74 Å². The maximum atomic E-state index is 12.7. The van der Waals surface area contributed by atoms with E-state index in [0.29, 0.717) is 25.6 Å². The zero-order valence-electron chi connectivity index (χ0n) is 15.5. The molecule has 1 unspecified atom stereocenters. The first-order valence-electron chi connectivity index (χ1n) is 9.29. The first-order chi connectivity index (χ1) is 13.2. The van der Waals surface area contributed by atoms with Gasteiger partial charge in [0.05, 0.1) is 25.4 Å². The summed E-state index contributed by atoms with van der Waals surface area (Å²) in [4.78, 5) is 21.3. The predicted octanol–water partition coefficient (Wildman–Crippen LogP) is 1.98. The highest BCUT2D eigenvalue weighted by molar-refractivity contribution is 5.91. The Balaban J connectivity index is 1.43. The van der Waals surface area contributed by atoms with Crippen LogP contribution in [0.3, 0.4) is 0 Å². The minimum Gasteiger partial charge on any atom is -0.479 e. The van der Waals surface area contributed by atoms with E-state index in [9.17, 15) is 4.79 Å². The maximum absolute atomic E-state index is 12.7. The van der Waals surface area contributed by atoms with Crippen molar-refractivity contribution in [2.24, 2.45) is 0 Å². The van der Waals surface area contributed by atoms with Gasteiger partial charge >= 0.3 is 0 Å². The summed E-state index contributed by atoms with van der Waals surface area (Å²) < 4.78 is 16.3. The number of pyridine rings is 1. The molecular weight excluding hydrogens is 348 g/mol. The molecule has 27 heavy (non-hydrogen) atoms. The lowest BCUT2D eigenvalue weighted by Gasteiger charge is -2.43. The topological polar surface area (TPSA) is 80.9 Å². The molecule has 1 atom stereocenters. The molecule has 2 aliphatic rings. The minimum atomic E-state index is -0.246. The van der Waals surface area contributed by atoms with Crippen molar-refractivity contribution in [1.82, 2.24) is 15.0 Å². The fraction of sp³-hybridized carbons (Fsp3) is 0.526. The molecule has 2 aromatic rings. The summed E-state index contributed by atoms with van der Waals surface area (Å²) in [5.41, 5.74) is -0.246. The van der Waals surface area contributed by atoms with E-state index >= 15 is 0 Å². The molecule has 4 heterocycles. The molecule has 1 amide bonds. The number of likely N-dealkylation sites (tertiary alicyclic amines) is 1. The van der Waals surface area contributed by atoms with Crippen LogP contribution in [0, 0.1) is 0 Å². The van der Waals surface area contributed by atoms with Crippen molar-refractivity contribution < 1.29 is 18.8 Å². The van der Waals surface area contributed by atoms with E-state index in [1.54, 1.807) is 0 Å². The second-order valence-corrected chi connectivity index (χ2v) is 7.02. The Morgan fingerprint density at radius 1 is 1.26 bits per heavy atom. The van der Waals surface area contributed by atoms with E-state index < -0.39 is 0 Å². The van der Waals surface area contributed by atoms with Crippen LogP contribution in [-0.4, -0.2) is 66.4 Å². The Hall–Kier alpha value is -2.61. The Kier molecular flexibility index (Phi) is 4.98. The molecule has 0 aliphatic carbocycles. The zero-order chi connectivity index (χ0) is 18.7. The molecule has 8 heteroatoms. The summed E-state index contributed by atoms with van der Waals surface area (Å²) in [5, 5.41) is 3.72. The van der Waals surface area contributed by atoms with Crippen molar-refractivity contribution in [2.45, 2.75) is 24.9 Å². The van der Waals surface area contributed by atoms with Crippen LogP contribution in [0.15, 0.2) is 35.0 Å². The summed E-state index contributed by atoms with van der Waals surface area (Å²) >= 11 is 0. The van der Waals surface area contributed by atoms with Gasteiger partial charge in [-0.05, 0) is 36.6 Å². The summed E-state index contributed by atoms with van der Waals surface area (Å²) in [6.07, 6.45) is 4.40. The average Bonchev–Trinajstić information content (AvgIpc) is 3.11. The van der Waals surface area contributed by atoms with Crippen LogP contribution in [0.25, 0.3) is 0 Å². The van der Waals surface area contributed by atoms with Gasteiger partial charge in [-0.2, -0.15) is 0 Å². The van der Waals surface area contributed by atoms with Gasteiger partial charge in [-0.25, -0.2) is 4.98 Å². The molecular formula is C19H24N4O4. The molecule has 1 spiro atoms. The van der Waals surface area contributed by atoms with Gasteiger partial charge < -0.3 is 23.8 Å². The van der Waals surface area contributed by atoms with E-state index in [2.05, 4.69) is 15.0 Å². The third kappa shape index (κ3) is 3.75. The normalized spacial score (nSPS) is 23.3. The zero-order valence-corrected chi connectivity index (χ0v) is 15.5. The Bertz CT molecular complexity index is 781. The van der Waals surface area contributed by atoms with Gasteiger partial charge in [-0.3, -0.25) is 4.79 Å². The molecule has 2 fully saturated rings. The highest BCUT2D eigenvalue weighted by Crippen LogP contribution is 2.32. The van der Waals surface area contributed by atoms with Gasteiger partial charge in [0, 0.05) is 32.4 Å². The molecule has 2 aliphatic heterocycles. The standard InChI is InChI=1S/C19H24N4O4/c1-25-17-13-15(27-21-17)18(24)22-9-4-6-19(7-10-22)14-23(11-12-26-19)16-5-2-3-8-20-16/h2-3,5,8,13H,4,6-7,9-12,14H2,1H3. The van der Waals surface area contributed by atoms with Crippen LogP contribution in [0.5, 0.6) is 5.88 Å². The van der Waals surface area contributed by atoms with Crippen LogP contribution in [0.4, 0.5) is 5.82 Å². The number of anilines is 1. The van der Waals surface area contributed by atoms with Gasteiger partial charge in [0.2, 0.25) is 5.76 Å². The average molecular weight is 372 g/mol. The Morgan fingerprint density at radius 2 is 2.19 bits per heavy atom. The van der Waals surface area contributed by atoms with Crippen molar-refractivity contribution in [3.63, 3.8) is 0 Å². The number of rotatable bonds is 3. The van der Waals surface area contributed by atoms with Crippen LogP contribution in [0.1, 0.15) is 29.8 Å². The summed E-state index contributed by atoms with van der Waals surface area (Å²) in [6.45, 7) is 3.60. The third-order valence-electron chi connectivity index (χ3n) is 5.32. The van der Waals surface area contributed by atoms with Gasteiger partial charge in [-0.15, -0.1) is 0 Å². The molecule has 2 saturated heterocycles. The number of aromatic nitrogens is 2. The van der Waals surface area contributed by atoms with Gasteiger partial charge in [0.25, 0.3) is 11.8 Å². The number of hydrogen-bond acceptors (Lipinski definition) is 7. The fourth-order valence-corrected chi connectivity index (χ4v) is 3.87. The number of morpholine rings is 1. The third-order valence-corrected chi connectivity index (χ3v) is 5.32. The predicted molar refractivity (Wildman–Crippen MR) is 97.9 cm³/mol. The highest BCUT2D eigenvalue weighted by atomic mass is 16.5. The van der Waals surface area contributed by atoms with Crippen molar-refractivity contribution in [2.75, 3.05) is 44.8 Å². The number of nitrogens with zero attached hydrogens (tertiary/aromatic N) is 4. The molecule has 144 valence electrons. The van der Waals surface area contributed by atoms with Crippen molar-refractivity contribution in [3.8, 4) is 5.88 Å².